The van der Waals surface area contributed by atoms with Crippen LogP contribution in [-0.4, -0.2) is 38.7 Å². The summed E-state index contributed by atoms with van der Waals surface area (Å²) in [6.45, 7) is 2.99. The van der Waals surface area contributed by atoms with E-state index in [2.05, 4.69) is 4.99 Å². The minimum atomic E-state index is 0.120. The summed E-state index contributed by atoms with van der Waals surface area (Å²) in [5.41, 5.74) is 1.75. The first-order chi connectivity index (χ1) is 11.7. The zero-order valence-electron chi connectivity index (χ0n) is 14.3. The molecule has 0 aliphatic carbocycles. The average Bonchev–Trinajstić information content (AvgIpc) is 2.61. The van der Waals surface area contributed by atoms with Gasteiger partial charge in [-0.05, 0) is 43.2 Å². The summed E-state index contributed by atoms with van der Waals surface area (Å²) in [6.07, 6.45) is 2.43. The summed E-state index contributed by atoms with van der Waals surface area (Å²) in [4.78, 5) is 4.38. The largest absolute Gasteiger partial charge is 0.504 e. The van der Waals surface area contributed by atoms with E-state index in [0.29, 0.717) is 36.0 Å². The smallest absolute Gasteiger partial charge is 0.166 e. The van der Waals surface area contributed by atoms with Gasteiger partial charge >= 0.3 is 0 Å². The second kappa shape index (κ2) is 8.82. The van der Waals surface area contributed by atoms with E-state index in [1.807, 2.05) is 31.2 Å². The van der Waals surface area contributed by atoms with Crippen LogP contribution in [0.4, 0.5) is 0 Å². The van der Waals surface area contributed by atoms with E-state index in [0.717, 1.165) is 12.0 Å². The number of aromatic hydroxyl groups is 1. The molecule has 2 aromatic rings. The zero-order chi connectivity index (χ0) is 17.4. The highest BCUT2D eigenvalue weighted by molar-refractivity contribution is 5.84. The van der Waals surface area contributed by atoms with Gasteiger partial charge in [-0.3, -0.25) is 4.99 Å². The highest BCUT2D eigenvalue weighted by atomic mass is 16.5. The Kier molecular flexibility index (Phi) is 6.49. The molecule has 0 aromatic heterocycles. The molecule has 0 saturated carbocycles. The second-order valence-electron chi connectivity index (χ2n) is 5.10. The molecular formula is C19H23NO4. The van der Waals surface area contributed by atoms with Gasteiger partial charge in [-0.15, -0.1) is 0 Å². The number of methoxy groups -OCH3 is 2. The molecule has 0 heterocycles. The first-order valence-electron chi connectivity index (χ1n) is 7.85. The van der Waals surface area contributed by atoms with Crippen LogP contribution in [0.5, 0.6) is 23.0 Å². The van der Waals surface area contributed by atoms with E-state index < -0.39 is 0 Å². The molecule has 1 N–H and O–H groups in total. The van der Waals surface area contributed by atoms with Crippen LogP contribution in [0.1, 0.15) is 18.1 Å². The molecule has 0 saturated heterocycles. The molecule has 24 heavy (non-hydrogen) atoms. The normalized spacial score (nSPS) is 10.8. The monoisotopic (exact) mass is 329 g/mol. The van der Waals surface area contributed by atoms with Crippen molar-refractivity contribution < 1.29 is 19.3 Å². The second-order valence-corrected chi connectivity index (χ2v) is 5.10. The number of phenols is 1. The fourth-order valence-corrected chi connectivity index (χ4v) is 2.31. The van der Waals surface area contributed by atoms with Gasteiger partial charge in [0.2, 0.25) is 0 Å². The molecule has 0 amide bonds. The number of hydrogen-bond acceptors (Lipinski definition) is 5. The van der Waals surface area contributed by atoms with Crippen LogP contribution in [-0.2, 0) is 6.42 Å². The van der Waals surface area contributed by atoms with Crippen LogP contribution in [0.15, 0.2) is 41.4 Å². The van der Waals surface area contributed by atoms with Gasteiger partial charge in [0.05, 0.1) is 20.8 Å². The van der Waals surface area contributed by atoms with Crippen LogP contribution < -0.4 is 14.2 Å². The van der Waals surface area contributed by atoms with Crippen LogP contribution >= 0.6 is 0 Å². The number of rotatable bonds is 8. The third-order valence-corrected chi connectivity index (χ3v) is 3.54. The summed E-state index contributed by atoms with van der Waals surface area (Å²) < 4.78 is 15.9. The predicted octanol–water partition coefficient (Wildman–Crippen LogP) is 3.47. The summed E-state index contributed by atoms with van der Waals surface area (Å²) in [5.74, 6) is 2.01. The Bertz CT molecular complexity index is 698. The van der Waals surface area contributed by atoms with E-state index in [1.165, 1.54) is 0 Å². The Morgan fingerprint density at radius 3 is 2.54 bits per heavy atom. The maximum Gasteiger partial charge on any atom is 0.166 e. The molecule has 0 bridgehead atoms. The van der Waals surface area contributed by atoms with E-state index in [-0.39, 0.29) is 5.75 Å². The molecule has 0 radical (unpaired) electrons. The van der Waals surface area contributed by atoms with Crippen molar-refractivity contribution in [2.75, 3.05) is 27.4 Å². The van der Waals surface area contributed by atoms with Gasteiger partial charge in [-0.2, -0.15) is 0 Å². The Morgan fingerprint density at radius 2 is 1.83 bits per heavy atom. The van der Waals surface area contributed by atoms with Crippen LogP contribution in [0.25, 0.3) is 0 Å². The molecule has 2 rings (SSSR count). The molecule has 0 atom stereocenters. The molecule has 5 heteroatoms. The molecule has 0 fully saturated rings. The van der Waals surface area contributed by atoms with Gasteiger partial charge in [0.25, 0.3) is 0 Å². The Labute approximate surface area is 142 Å². The van der Waals surface area contributed by atoms with Gasteiger partial charge < -0.3 is 19.3 Å². The minimum absolute atomic E-state index is 0.120. The summed E-state index contributed by atoms with van der Waals surface area (Å²) in [5, 5.41) is 10.1. The molecule has 128 valence electrons. The van der Waals surface area contributed by atoms with Gasteiger partial charge in [0, 0.05) is 18.3 Å². The third kappa shape index (κ3) is 4.41. The lowest BCUT2D eigenvalue weighted by molar-refractivity contribution is 0.318. The Balaban J connectivity index is 1.99. The van der Waals surface area contributed by atoms with E-state index in [4.69, 9.17) is 14.2 Å². The highest BCUT2D eigenvalue weighted by Crippen LogP contribution is 2.29. The Morgan fingerprint density at radius 1 is 1.04 bits per heavy atom. The summed E-state index contributed by atoms with van der Waals surface area (Å²) >= 11 is 0. The number of aliphatic imine (C=N–C) groups is 1. The fourth-order valence-electron chi connectivity index (χ4n) is 2.31. The van der Waals surface area contributed by atoms with Crippen LogP contribution in [0.3, 0.4) is 0 Å². The standard InChI is InChI=1S/C19H23NO4/c1-4-24-17-7-5-6-15(19(17)21)13-20-11-10-14-8-9-16(22-2)18(12-14)23-3/h5-9,12-13,21H,4,10-11H2,1-3H3. The molecule has 5 nitrogen and oxygen atoms in total. The lowest BCUT2D eigenvalue weighted by Gasteiger charge is -2.09. The molecule has 2 aromatic carbocycles. The first-order valence-corrected chi connectivity index (χ1v) is 7.85. The molecule has 0 aliphatic heterocycles. The summed E-state index contributed by atoms with van der Waals surface area (Å²) in [6, 6.07) is 11.2. The first kappa shape index (κ1) is 17.7. The van der Waals surface area contributed by atoms with E-state index in [1.54, 1.807) is 32.6 Å². The Hall–Kier alpha value is -2.69. The van der Waals surface area contributed by atoms with Crippen molar-refractivity contribution in [2.24, 2.45) is 4.99 Å². The van der Waals surface area contributed by atoms with Crippen molar-refractivity contribution in [2.45, 2.75) is 13.3 Å². The van der Waals surface area contributed by atoms with Crippen molar-refractivity contribution in [1.29, 1.82) is 0 Å². The number of nitrogens with zero attached hydrogens (tertiary/aromatic N) is 1. The van der Waals surface area contributed by atoms with Gasteiger partial charge in [0.15, 0.2) is 23.0 Å². The topological polar surface area (TPSA) is 60.3 Å². The number of para-hydroxylation sites is 1. The van der Waals surface area contributed by atoms with Crippen LogP contribution in [0, 0.1) is 0 Å². The molecule has 0 aliphatic rings. The zero-order valence-corrected chi connectivity index (χ0v) is 14.3. The van der Waals surface area contributed by atoms with Crippen molar-refractivity contribution in [3.8, 4) is 23.0 Å². The molecule has 0 spiro atoms. The summed E-state index contributed by atoms with van der Waals surface area (Å²) in [7, 11) is 3.23. The van der Waals surface area contributed by atoms with Gasteiger partial charge in [-0.25, -0.2) is 0 Å². The average molecular weight is 329 g/mol. The van der Waals surface area contributed by atoms with Crippen molar-refractivity contribution in [3.63, 3.8) is 0 Å². The third-order valence-electron chi connectivity index (χ3n) is 3.54. The maximum absolute atomic E-state index is 10.1. The van der Waals surface area contributed by atoms with Gasteiger partial charge in [-0.1, -0.05) is 12.1 Å². The van der Waals surface area contributed by atoms with Crippen molar-refractivity contribution >= 4 is 6.21 Å². The minimum Gasteiger partial charge on any atom is -0.504 e. The van der Waals surface area contributed by atoms with Gasteiger partial charge in [0.1, 0.15) is 0 Å². The number of phenolic OH excluding ortho intramolecular Hbond substituents is 1. The number of ether oxygens (including phenoxy) is 3. The fraction of sp³-hybridized carbons (Fsp3) is 0.316. The lowest BCUT2D eigenvalue weighted by atomic mass is 10.1. The lowest BCUT2D eigenvalue weighted by Crippen LogP contribution is -1.96. The van der Waals surface area contributed by atoms with Crippen LogP contribution in [0.2, 0.25) is 0 Å². The number of hydrogen-bond donors (Lipinski definition) is 1. The quantitative estimate of drug-likeness (QED) is 0.753. The van der Waals surface area contributed by atoms with E-state index >= 15 is 0 Å². The van der Waals surface area contributed by atoms with E-state index in [9.17, 15) is 5.11 Å². The molecule has 0 unspecified atom stereocenters. The molecular weight excluding hydrogens is 306 g/mol. The SMILES string of the molecule is CCOc1cccc(C=NCCc2ccc(OC)c(OC)c2)c1O. The van der Waals surface area contributed by atoms with Crippen molar-refractivity contribution in [3.05, 3.63) is 47.5 Å². The van der Waals surface area contributed by atoms with Crippen molar-refractivity contribution in [1.82, 2.24) is 0 Å². The predicted molar refractivity (Wildman–Crippen MR) is 95.0 cm³/mol. The highest BCUT2D eigenvalue weighted by Gasteiger charge is 2.06. The number of benzene rings is 2. The maximum atomic E-state index is 10.1.